The zero-order valence-electron chi connectivity index (χ0n) is 8.55. The van der Waals surface area contributed by atoms with Crippen LogP contribution >= 0.6 is 39.0 Å². The first-order valence-corrected chi connectivity index (χ1v) is 7.20. The van der Waals surface area contributed by atoms with Gasteiger partial charge in [0.15, 0.2) is 4.34 Å². The average molecular weight is 316 g/mol. The number of hydrogen-bond acceptors (Lipinski definition) is 4. The standard InChI is InChI=1S/C11H10BrNOS2/c1-7(14)8-2-3-10(9(12)6-8)16-11-13-4-5-15-11/h2-7,14H,1H3. The van der Waals surface area contributed by atoms with Gasteiger partial charge in [0, 0.05) is 20.9 Å². The number of aromatic nitrogens is 1. The lowest BCUT2D eigenvalue weighted by Gasteiger charge is -2.07. The highest BCUT2D eigenvalue weighted by atomic mass is 79.9. The molecule has 0 radical (unpaired) electrons. The number of aliphatic hydroxyl groups is 1. The highest BCUT2D eigenvalue weighted by Gasteiger charge is 2.07. The van der Waals surface area contributed by atoms with Crippen LogP contribution in [0.15, 0.2) is 43.5 Å². The van der Waals surface area contributed by atoms with E-state index in [1.54, 1.807) is 36.2 Å². The largest absolute Gasteiger partial charge is 0.389 e. The van der Waals surface area contributed by atoms with Crippen molar-refractivity contribution in [3.63, 3.8) is 0 Å². The summed E-state index contributed by atoms with van der Waals surface area (Å²) in [4.78, 5) is 5.33. The summed E-state index contributed by atoms with van der Waals surface area (Å²) < 4.78 is 2.01. The smallest absolute Gasteiger partial charge is 0.154 e. The van der Waals surface area contributed by atoms with Gasteiger partial charge >= 0.3 is 0 Å². The Balaban J connectivity index is 2.23. The van der Waals surface area contributed by atoms with Crippen molar-refractivity contribution in [3.8, 4) is 0 Å². The maximum atomic E-state index is 9.46. The molecule has 2 nitrogen and oxygen atoms in total. The highest BCUT2D eigenvalue weighted by Crippen LogP contribution is 2.35. The molecule has 0 aliphatic heterocycles. The fourth-order valence-corrected chi connectivity index (χ4v) is 3.44. The molecule has 84 valence electrons. The first kappa shape index (κ1) is 12.1. The summed E-state index contributed by atoms with van der Waals surface area (Å²) in [5, 5.41) is 11.4. The van der Waals surface area contributed by atoms with Crippen LogP contribution in [0.5, 0.6) is 0 Å². The van der Waals surface area contributed by atoms with E-state index in [-0.39, 0.29) is 0 Å². The van der Waals surface area contributed by atoms with Crippen LogP contribution in [0, 0.1) is 0 Å². The van der Waals surface area contributed by atoms with Gasteiger partial charge in [0.25, 0.3) is 0 Å². The van der Waals surface area contributed by atoms with Gasteiger partial charge in [0.2, 0.25) is 0 Å². The summed E-state index contributed by atoms with van der Waals surface area (Å²) in [6, 6.07) is 5.88. The molecule has 0 aliphatic carbocycles. The van der Waals surface area contributed by atoms with Gasteiger partial charge in [-0.3, -0.25) is 0 Å². The molecule has 0 amide bonds. The Morgan fingerprint density at radius 2 is 2.31 bits per heavy atom. The monoisotopic (exact) mass is 315 g/mol. The number of benzene rings is 1. The third kappa shape index (κ3) is 2.85. The van der Waals surface area contributed by atoms with E-state index in [1.807, 2.05) is 23.6 Å². The zero-order chi connectivity index (χ0) is 11.5. The van der Waals surface area contributed by atoms with Crippen molar-refractivity contribution in [2.24, 2.45) is 0 Å². The van der Waals surface area contributed by atoms with Gasteiger partial charge < -0.3 is 5.11 Å². The Bertz CT molecular complexity index is 471. The molecule has 1 heterocycles. The van der Waals surface area contributed by atoms with Crippen LogP contribution in [0.3, 0.4) is 0 Å². The minimum absolute atomic E-state index is 0.435. The lowest BCUT2D eigenvalue weighted by molar-refractivity contribution is 0.199. The first-order valence-electron chi connectivity index (χ1n) is 4.71. The van der Waals surface area contributed by atoms with Crippen LogP contribution in [0.1, 0.15) is 18.6 Å². The van der Waals surface area contributed by atoms with Crippen molar-refractivity contribution in [1.29, 1.82) is 0 Å². The van der Waals surface area contributed by atoms with Crippen LogP contribution in [-0.2, 0) is 0 Å². The fourth-order valence-electron chi connectivity index (χ4n) is 1.21. The van der Waals surface area contributed by atoms with Gasteiger partial charge in [-0.05, 0) is 40.5 Å². The molecule has 0 fully saturated rings. The molecule has 5 heteroatoms. The molecule has 0 saturated heterocycles. The van der Waals surface area contributed by atoms with Crippen molar-refractivity contribution in [1.82, 2.24) is 4.98 Å². The lowest BCUT2D eigenvalue weighted by Crippen LogP contribution is -1.90. The topological polar surface area (TPSA) is 33.1 Å². The molecular weight excluding hydrogens is 306 g/mol. The molecule has 1 aromatic carbocycles. The van der Waals surface area contributed by atoms with Crippen molar-refractivity contribution in [3.05, 3.63) is 39.8 Å². The maximum Gasteiger partial charge on any atom is 0.154 e. The average Bonchev–Trinajstić information content (AvgIpc) is 2.73. The molecule has 1 atom stereocenters. The minimum Gasteiger partial charge on any atom is -0.389 e. The second-order valence-electron chi connectivity index (χ2n) is 3.27. The van der Waals surface area contributed by atoms with Crippen LogP contribution in [0.4, 0.5) is 0 Å². The number of thiazole rings is 1. The van der Waals surface area contributed by atoms with Gasteiger partial charge in [-0.15, -0.1) is 11.3 Å². The Labute approximate surface area is 111 Å². The van der Waals surface area contributed by atoms with Gasteiger partial charge in [-0.2, -0.15) is 0 Å². The van der Waals surface area contributed by atoms with Crippen molar-refractivity contribution in [2.75, 3.05) is 0 Å². The Morgan fingerprint density at radius 3 is 2.88 bits per heavy atom. The van der Waals surface area contributed by atoms with Gasteiger partial charge in [0.05, 0.1) is 6.10 Å². The molecule has 1 aromatic heterocycles. The van der Waals surface area contributed by atoms with Crippen LogP contribution in [0.2, 0.25) is 0 Å². The van der Waals surface area contributed by atoms with E-state index >= 15 is 0 Å². The Hall–Kier alpha value is -0.360. The van der Waals surface area contributed by atoms with E-state index in [4.69, 9.17) is 0 Å². The summed E-state index contributed by atoms with van der Waals surface area (Å²) in [5.41, 5.74) is 0.912. The number of rotatable bonds is 3. The summed E-state index contributed by atoms with van der Waals surface area (Å²) in [6.07, 6.45) is 1.36. The number of hydrogen-bond donors (Lipinski definition) is 1. The van der Waals surface area contributed by atoms with Gasteiger partial charge in [-0.25, -0.2) is 4.98 Å². The molecule has 1 unspecified atom stereocenters. The van der Waals surface area contributed by atoms with Gasteiger partial charge in [-0.1, -0.05) is 17.8 Å². The molecule has 0 saturated carbocycles. The van der Waals surface area contributed by atoms with E-state index in [2.05, 4.69) is 20.9 Å². The number of aliphatic hydroxyl groups excluding tert-OH is 1. The first-order chi connectivity index (χ1) is 7.66. The predicted molar refractivity (Wildman–Crippen MR) is 71.0 cm³/mol. The molecule has 2 rings (SSSR count). The van der Waals surface area contributed by atoms with Crippen molar-refractivity contribution in [2.45, 2.75) is 22.3 Å². The minimum atomic E-state index is -0.435. The van der Waals surface area contributed by atoms with Crippen LogP contribution in [-0.4, -0.2) is 10.1 Å². The van der Waals surface area contributed by atoms with E-state index in [9.17, 15) is 5.11 Å². The summed E-state index contributed by atoms with van der Waals surface area (Å²) in [5.74, 6) is 0. The number of nitrogens with zero attached hydrogens (tertiary/aromatic N) is 1. The second kappa shape index (κ2) is 5.31. The molecule has 0 aliphatic rings. The summed E-state index contributed by atoms with van der Waals surface area (Å²) in [7, 11) is 0. The molecule has 0 spiro atoms. The van der Waals surface area contributed by atoms with Crippen LogP contribution < -0.4 is 0 Å². The van der Waals surface area contributed by atoms with E-state index < -0.39 is 6.10 Å². The molecular formula is C11H10BrNOS2. The summed E-state index contributed by atoms with van der Waals surface area (Å²) in [6.45, 7) is 1.76. The van der Waals surface area contributed by atoms with Crippen LogP contribution in [0.25, 0.3) is 0 Å². The molecule has 1 N–H and O–H groups in total. The maximum absolute atomic E-state index is 9.46. The third-order valence-electron chi connectivity index (χ3n) is 2.05. The van der Waals surface area contributed by atoms with Gasteiger partial charge in [0.1, 0.15) is 0 Å². The molecule has 16 heavy (non-hydrogen) atoms. The SMILES string of the molecule is CC(O)c1ccc(Sc2nccs2)c(Br)c1. The normalized spacial score (nSPS) is 12.7. The third-order valence-corrected chi connectivity index (χ3v) is 4.92. The van der Waals surface area contributed by atoms with E-state index in [0.717, 1.165) is 19.3 Å². The van der Waals surface area contributed by atoms with E-state index in [0.29, 0.717) is 0 Å². The zero-order valence-corrected chi connectivity index (χ0v) is 11.8. The quantitative estimate of drug-likeness (QED) is 0.925. The highest BCUT2D eigenvalue weighted by molar-refractivity contribution is 9.10. The lowest BCUT2D eigenvalue weighted by atomic mass is 10.1. The molecule has 2 aromatic rings. The predicted octanol–water partition coefficient (Wildman–Crippen LogP) is 4.11. The van der Waals surface area contributed by atoms with E-state index in [1.165, 1.54) is 0 Å². The van der Waals surface area contributed by atoms with Crippen molar-refractivity contribution < 1.29 is 5.11 Å². The second-order valence-corrected chi connectivity index (χ2v) is 6.30. The molecule has 0 bridgehead atoms. The Morgan fingerprint density at radius 1 is 1.50 bits per heavy atom. The summed E-state index contributed by atoms with van der Waals surface area (Å²) >= 11 is 6.74. The van der Waals surface area contributed by atoms with Crippen molar-refractivity contribution >= 4 is 39.0 Å². The fraction of sp³-hybridized carbons (Fsp3) is 0.182. The number of halogens is 1. The Kier molecular flexibility index (Phi) is 4.02.